The normalized spacial score (nSPS) is 9.81. The molecule has 1 N–H and O–H groups in total. The molecule has 0 aromatic carbocycles. The highest BCUT2D eigenvalue weighted by Gasteiger charge is 2.07. The van der Waals surface area contributed by atoms with Crippen molar-refractivity contribution in [3.63, 3.8) is 0 Å². The zero-order valence-corrected chi connectivity index (χ0v) is 8.71. The maximum absolute atomic E-state index is 11.7. The van der Waals surface area contributed by atoms with Gasteiger partial charge < -0.3 is 5.32 Å². The molecular weight excluding hydrogens is 204 g/mol. The molecule has 80 valence electrons. The van der Waals surface area contributed by atoms with Crippen LogP contribution in [0.2, 0.25) is 0 Å². The summed E-state index contributed by atoms with van der Waals surface area (Å²) in [6, 6.07) is 5.08. The zero-order valence-electron chi connectivity index (χ0n) is 8.71. The smallest absolute Gasteiger partial charge is 0.274 e. The Morgan fingerprint density at radius 3 is 2.88 bits per heavy atom. The highest BCUT2D eigenvalue weighted by atomic mass is 16.1. The molecule has 0 fully saturated rings. The van der Waals surface area contributed by atoms with Gasteiger partial charge in [0.2, 0.25) is 0 Å². The van der Waals surface area contributed by atoms with E-state index >= 15 is 0 Å². The average Bonchev–Trinajstić information content (AvgIpc) is 2.30. The Bertz CT molecular complexity index is 498. The lowest BCUT2D eigenvalue weighted by Gasteiger charge is -2.03. The Morgan fingerprint density at radius 2 is 2.19 bits per heavy atom. The van der Waals surface area contributed by atoms with Crippen molar-refractivity contribution < 1.29 is 4.79 Å². The number of aromatic nitrogens is 3. The van der Waals surface area contributed by atoms with Crippen molar-refractivity contribution in [2.45, 2.75) is 6.92 Å². The van der Waals surface area contributed by atoms with E-state index < -0.39 is 0 Å². The molecule has 0 aliphatic carbocycles. The number of carbonyl (C=O) groups is 1. The Morgan fingerprint density at radius 1 is 1.31 bits per heavy atom. The van der Waals surface area contributed by atoms with E-state index in [1.54, 1.807) is 43.7 Å². The molecule has 0 atom stereocenters. The van der Waals surface area contributed by atoms with Gasteiger partial charge in [-0.1, -0.05) is 0 Å². The Hall–Kier alpha value is -2.30. The van der Waals surface area contributed by atoms with Crippen molar-refractivity contribution in [3.8, 4) is 0 Å². The van der Waals surface area contributed by atoms with Crippen LogP contribution in [0.15, 0.2) is 36.8 Å². The number of nitrogens with one attached hydrogen (secondary N) is 1. The summed E-state index contributed by atoms with van der Waals surface area (Å²) in [5.74, 6) is 0.303. The van der Waals surface area contributed by atoms with Crippen LogP contribution in [0.25, 0.3) is 0 Å². The lowest BCUT2D eigenvalue weighted by molar-refractivity contribution is 0.102. The van der Waals surface area contributed by atoms with Crippen molar-refractivity contribution in [2.75, 3.05) is 5.32 Å². The van der Waals surface area contributed by atoms with Crippen LogP contribution in [0.5, 0.6) is 0 Å². The van der Waals surface area contributed by atoms with Gasteiger partial charge in [0.25, 0.3) is 5.91 Å². The molecule has 2 aromatic heterocycles. The van der Waals surface area contributed by atoms with Crippen LogP contribution < -0.4 is 5.32 Å². The van der Waals surface area contributed by atoms with E-state index in [1.165, 1.54) is 0 Å². The summed E-state index contributed by atoms with van der Waals surface area (Å²) in [6.07, 6.45) is 4.77. The van der Waals surface area contributed by atoms with Crippen molar-refractivity contribution in [1.82, 2.24) is 15.0 Å². The predicted molar refractivity (Wildman–Crippen MR) is 59.0 cm³/mol. The second-order valence-corrected chi connectivity index (χ2v) is 3.18. The third-order valence-corrected chi connectivity index (χ3v) is 1.93. The highest BCUT2D eigenvalue weighted by Crippen LogP contribution is 2.05. The molecule has 2 rings (SSSR count). The quantitative estimate of drug-likeness (QED) is 0.821. The number of aryl methyl sites for hydroxylation is 1. The van der Waals surface area contributed by atoms with E-state index in [4.69, 9.17) is 0 Å². The van der Waals surface area contributed by atoms with Crippen LogP contribution in [0.1, 0.15) is 16.3 Å². The number of anilines is 1. The maximum Gasteiger partial charge on any atom is 0.274 e. The first-order chi connectivity index (χ1) is 7.75. The number of nitrogens with zero attached hydrogens (tertiary/aromatic N) is 3. The number of rotatable bonds is 2. The molecule has 1 amide bonds. The van der Waals surface area contributed by atoms with Gasteiger partial charge in [-0.05, 0) is 25.1 Å². The molecule has 0 aliphatic rings. The molecule has 0 bridgehead atoms. The van der Waals surface area contributed by atoms with Crippen LogP contribution in [-0.4, -0.2) is 20.9 Å². The molecule has 0 radical (unpaired) electrons. The van der Waals surface area contributed by atoms with Crippen molar-refractivity contribution in [2.24, 2.45) is 0 Å². The average molecular weight is 214 g/mol. The van der Waals surface area contributed by atoms with Gasteiger partial charge in [-0.25, -0.2) is 9.97 Å². The first-order valence-corrected chi connectivity index (χ1v) is 4.77. The highest BCUT2D eigenvalue weighted by molar-refractivity contribution is 6.02. The van der Waals surface area contributed by atoms with Gasteiger partial charge in [-0.15, -0.1) is 0 Å². The van der Waals surface area contributed by atoms with Gasteiger partial charge in [-0.2, -0.15) is 0 Å². The van der Waals surface area contributed by atoms with E-state index in [1.807, 2.05) is 0 Å². The first kappa shape index (κ1) is 10.2. The molecule has 0 spiro atoms. The van der Waals surface area contributed by atoms with Gasteiger partial charge in [0, 0.05) is 12.4 Å². The fourth-order valence-corrected chi connectivity index (χ4v) is 1.21. The molecule has 5 heteroatoms. The topological polar surface area (TPSA) is 67.8 Å². The van der Waals surface area contributed by atoms with E-state index in [2.05, 4.69) is 20.3 Å². The third kappa shape index (κ3) is 2.38. The summed E-state index contributed by atoms with van der Waals surface area (Å²) in [4.78, 5) is 23.6. The molecule has 0 aliphatic heterocycles. The standard InChI is InChI=1S/C11H10N4O/c1-8-13-6-4-10(14-8)11(16)15-9-3-2-5-12-7-9/h2-7H,1H3,(H,15,16). The number of hydrogen-bond donors (Lipinski definition) is 1. The van der Waals surface area contributed by atoms with Crippen LogP contribution in [0, 0.1) is 6.92 Å². The van der Waals surface area contributed by atoms with E-state index in [9.17, 15) is 4.79 Å². The number of amides is 1. The molecule has 0 saturated carbocycles. The van der Waals surface area contributed by atoms with Gasteiger partial charge in [0.1, 0.15) is 11.5 Å². The van der Waals surface area contributed by atoms with Gasteiger partial charge in [0.05, 0.1) is 11.9 Å². The Labute approximate surface area is 92.6 Å². The molecule has 2 aromatic rings. The number of carbonyl (C=O) groups excluding carboxylic acids is 1. The second kappa shape index (κ2) is 4.48. The summed E-state index contributed by atoms with van der Waals surface area (Å²) in [5.41, 5.74) is 0.986. The van der Waals surface area contributed by atoms with Crippen LogP contribution >= 0.6 is 0 Å². The molecule has 0 saturated heterocycles. The third-order valence-electron chi connectivity index (χ3n) is 1.93. The van der Waals surface area contributed by atoms with Crippen LogP contribution in [0.4, 0.5) is 5.69 Å². The Balaban J connectivity index is 2.15. The molecular formula is C11H10N4O. The molecule has 2 heterocycles. The minimum Gasteiger partial charge on any atom is -0.319 e. The minimum atomic E-state index is -0.265. The van der Waals surface area contributed by atoms with E-state index in [0.29, 0.717) is 17.2 Å². The zero-order chi connectivity index (χ0) is 11.4. The van der Waals surface area contributed by atoms with Gasteiger partial charge >= 0.3 is 0 Å². The summed E-state index contributed by atoms with van der Waals surface area (Å²) < 4.78 is 0. The largest absolute Gasteiger partial charge is 0.319 e. The number of hydrogen-bond acceptors (Lipinski definition) is 4. The predicted octanol–water partition coefficient (Wildman–Crippen LogP) is 1.43. The number of pyridine rings is 1. The molecule has 0 unspecified atom stereocenters. The first-order valence-electron chi connectivity index (χ1n) is 4.77. The summed E-state index contributed by atoms with van der Waals surface area (Å²) in [7, 11) is 0. The van der Waals surface area contributed by atoms with Crippen molar-refractivity contribution in [3.05, 3.63) is 48.3 Å². The van der Waals surface area contributed by atoms with E-state index in [0.717, 1.165) is 0 Å². The fraction of sp³-hybridized carbons (Fsp3) is 0.0909. The SMILES string of the molecule is Cc1nccc(C(=O)Nc2cccnc2)n1. The van der Waals surface area contributed by atoms with Crippen LogP contribution in [-0.2, 0) is 0 Å². The van der Waals surface area contributed by atoms with Gasteiger partial charge in [-0.3, -0.25) is 9.78 Å². The minimum absolute atomic E-state index is 0.265. The monoisotopic (exact) mass is 214 g/mol. The van der Waals surface area contributed by atoms with E-state index in [-0.39, 0.29) is 5.91 Å². The van der Waals surface area contributed by atoms with Crippen LogP contribution in [0.3, 0.4) is 0 Å². The lowest BCUT2D eigenvalue weighted by Crippen LogP contribution is -2.14. The summed E-state index contributed by atoms with van der Waals surface area (Å²) in [6.45, 7) is 1.74. The van der Waals surface area contributed by atoms with Crippen molar-refractivity contribution >= 4 is 11.6 Å². The van der Waals surface area contributed by atoms with Crippen molar-refractivity contribution in [1.29, 1.82) is 0 Å². The van der Waals surface area contributed by atoms with Gasteiger partial charge in [0.15, 0.2) is 0 Å². The molecule has 16 heavy (non-hydrogen) atoms. The Kier molecular flexibility index (Phi) is 2.86. The molecule has 5 nitrogen and oxygen atoms in total. The summed E-state index contributed by atoms with van der Waals surface area (Å²) >= 11 is 0. The lowest BCUT2D eigenvalue weighted by atomic mass is 10.3. The second-order valence-electron chi connectivity index (χ2n) is 3.18. The summed E-state index contributed by atoms with van der Waals surface area (Å²) in [5, 5.41) is 2.69. The fourth-order valence-electron chi connectivity index (χ4n) is 1.21. The maximum atomic E-state index is 11.7.